The second kappa shape index (κ2) is 5.23. The van der Waals surface area contributed by atoms with Crippen LogP contribution in [-0.4, -0.2) is 22.8 Å². The van der Waals surface area contributed by atoms with Crippen LogP contribution in [0.4, 0.5) is 0 Å². The van der Waals surface area contributed by atoms with E-state index < -0.39 is 0 Å². The molecule has 2 N–H and O–H groups in total. The molecular weight excluding hydrogens is 236 g/mol. The average molecular weight is 251 g/mol. The van der Waals surface area contributed by atoms with Crippen LogP contribution in [0.1, 0.15) is 25.3 Å². The highest BCUT2D eigenvalue weighted by molar-refractivity contribution is 6.31. The van der Waals surface area contributed by atoms with E-state index >= 15 is 0 Å². The molecule has 0 aliphatic carbocycles. The minimum absolute atomic E-state index is 0.141. The van der Waals surface area contributed by atoms with Crippen LogP contribution in [0.5, 0.6) is 5.88 Å². The summed E-state index contributed by atoms with van der Waals surface area (Å²) in [6.45, 7) is 2.91. The zero-order chi connectivity index (χ0) is 12.3. The first kappa shape index (κ1) is 12.0. The van der Waals surface area contributed by atoms with E-state index in [9.17, 15) is 5.11 Å². The summed E-state index contributed by atoms with van der Waals surface area (Å²) in [5.41, 5.74) is 1.56. The van der Waals surface area contributed by atoms with E-state index in [1.54, 1.807) is 18.3 Å². The van der Waals surface area contributed by atoms with E-state index in [0.717, 1.165) is 35.9 Å². The lowest BCUT2D eigenvalue weighted by Crippen LogP contribution is -1.83. The second-order valence-electron chi connectivity index (χ2n) is 3.97. The summed E-state index contributed by atoms with van der Waals surface area (Å²) in [4.78, 5) is 7.19. The highest BCUT2D eigenvalue weighted by Crippen LogP contribution is 2.27. The van der Waals surface area contributed by atoms with Crippen LogP contribution < -0.4 is 0 Å². The first-order chi connectivity index (χ1) is 8.22. The maximum atomic E-state index is 9.79. The lowest BCUT2D eigenvalue weighted by Gasteiger charge is -1.93. The number of H-pyrrole nitrogens is 1. The summed E-state index contributed by atoms with van der Waals surface area (Å²) >= 11 is 5.89. The number of fused-ring (bicyclic) bond motifs is 1. The monoisotopic (exact) mass is 250 g/mol. The smallest absolute Gasteiger partial charge is 0.198 e. The van der Waals surface area contributed by atoms with Gasteiger partial charge in [-0.1, -0.05) is 31.0 Å². The molecule has 0 bridgehead atoms. The number of aromatic amines is 1. The van der Waals surface area contributed by atoms with Crippen molar-refractivity contribution < 1.29 is 5.11 Å². The van der Waals surface area contributed by atoms with Crippen molar-refractivity contribution in [3.8, 4) is 5.88 Å². The highest BCUT2D eigenvalue weighted by Gasteiger charge is 2.08. The summed E-state index contributed by atoms with van der Waals surface area (Å²) in [6, 6.07) is 5.48. The maximum absolute atomic E-state index is 9.79. The Morgan fingerprint density at radius 1 is 1.47 bits per heavy atom. The van der Waals surface area contributed by atoms with Crippen LogP contribution in [0.2, 0.25) is 5.02 Å². The van der Waals surface area contributed by atoms with Gasteiger partial charge in [-0.25, -0.2) is 0 Å². The first-order valence-corrected chi connectivity index (χ1v) is 6.10. The van der Waals surface area contributed by atoms with E-state index in [2.05, 4.69) is 16.9 Å². The molecule has 0 fully saturated rings. The van der Waals surface area contributed by atoms with Crippen LogP contribution in [0.3, 0.4) is 0 Å². The number of nitrogens with zero attached hydrogens (tertiary/aromatic N) is 1. The molecule has 3 nitrogen and oxygen atoms in total. The van der Waals surface area contributed by atoms with Crippen LogP contribution in [0, 0.1) is 0 Å². The molecule has 17 heavy (non-hydrogen) atoms. The molecule has 4 heteroatoms. The molecule has 0 saturated carbocycles. The molecule has 2 rings (SSSR count). The van der Waals surface area contributed by atoms with E-state index in [1.807, 2.05) is 6.07 Å². The summed E-state index contributed by atoms with van der Waals surface area (Å²) in [5.74, 6) is 0.141. The van der Waals surface area contributed by atoms with Gasteiger partial charge in [0.05, 0.1) is 11.1 Å². The molecule has 0 radical (unpaired) electrons. The van der Waals surface area contributed by atoms with Crippen molar-refractivity contribution in [1.29, 1.82) is 0 Å². The molecule has 1 heterocycles. The number of aromatic nitrogens is 1. The number of benzene rings is 1. The van der Waals surface area contributed by atoms with E-state index in [4.69, 9.17) is 11.6 Å². The van der Waals surface area contributed by atoms with E-state index in [-0.39, 0.29) is 5.88 Å². The van der Waals surface area contributed by atoms with Gasteiger partial charge >= 0.3 is 0 Å². The van der Waals surface area contributed by atoms with Gasteiger partial charge in [0, 0.05) is 23.2 Å². The molecule has 90 valence electrons. The van der Waals surface area contributed by atoms with Crippen LogP contribution >= 0.6 is 11.6 Å². The van der Waals surface area contributed by atoms with Crippen molar-refractivity contribution in [1.82, 2.24) is 4.98 Å². The summed E-state index contributed by atoms with van der Waals surface area (Å²) < 4.78 is 0. The first-order valence-electron chi connectivity index (χ1n) is 5.72. The van der Waals surface area contributed by atoms with Gasteiger partial charge in [-0.05, 0) is 18.6 Å². The predicted molar refractivity (Wildman–Crippen MR) is 72.3 cm³/mol. The van der Waals surface area contributed by atoms with E-state index in [0.29, 0.717) is 5.02 Å². The molecule has 0 aliphatic heterocycles. The van der Waals surface area contributed by atoms with Gasteiger partial charge in [-0.15, -0.1) is 0 Å². The van der Waals surface area contributed by atoms with Crippen molar-refractivity contribution >= 4 is 28.7 Å². The number of nitrogens with one attached hydrogen (secondary N) is 1. The molecular formula is C13H15ClN2O. The number of unbranched alkanes of at least 4 members (excludes halogenated alkanes) is 1. The van der Waals surface area contributed by atoms with Crippen LogP contribution in [-0.2, 0) is 0 Å². The Labute approximate surface area is 105 Å². The molecule has 1 aromatic carbocycles. The normalized spacial score (nSPS) is 11.6. The van der Waals surface area contributed by atoms with Crippen molar-refractivity contribution in [3.05, 3.63) is 28.8 Å². The van der Waals surface area contributed by atoms with Crippen molar-refractivity contribution in [3.63, 3.8) is 0 Å². The average Bonchev–Trinajstić information content (AvgIpc) is 2.60. The van der Waals surface area contributed by atoms with Gasteiger partial charge < -0.3 is 10.1 Å². The summed E-state index contributed by atoms with van der Waals surface area (Å²) in [6.07, 6.45) is 3.90. The maximum Gasteiger partial charge on any atom is 0.198 e. The Kier molecular flexibility index (Phi) is 3.69. The van der Waals surface area contributed by atoms with Crippen molar-refractivity contribution in [2.24, 2.45) is 4.99 Å². The Balaban J connectivity index is 2.33. The lowest BCUT2D eigenvalue weighted by molar-refractivity contribution is 0.457. The Hall–Kier alpha value is -1.48. The third-order valence-corrected chi connectivity index (χ3v) is 2.88. The minimum Gasteiger partial charge on any atom is -0.494 e. The van der Waals surface area contributed by atoms with Gasteiger partial charge in [0.2, 0.25) is 0 Å². The standard InChI is InChI=1S/C13H15ClN2O/c1-2-3-6-15-8-11-10-5-4-9(14)7-12(10)16-13(11)17/h4-5,7-8,16-17H,2-3,6H2,1H3. The zero-order valence-corrected chi connectivity index (χ0v) is 10.5. The Bertz CT molecular complexity index is 546. The highest BCUT2D eigenvalue weighted by atomic mass is 35.5. The summed E-state index contributed by atoms with van der Waals surface area (Å²) in [5, 5.41) is 11.4. The van der Waals surface area contributed by atoms with Crippen molar-refractivity contribution in [2.75, 3.05) is 6.54 Å². The second-order valence-corrected chi connectivity index (χ2v) is 4.40. The molecule has 0 aliphatic rings. The van der Waals surface area contributed by atoms with Crippen molar-refractivity contribution in [2.45, 2.75) is 19.8 Å². The van der Waals surface area contributed by atoms with Gasteiger partial charge in [-0.3, -0.25) is 4.99 Å². The predicted octanol–water partition coefficient (Wildman–Crippen LogP) is 3.75. The number of hydrogen-bond donors (Lipinski definition) is 2. The zero-order valence-electron chi connectivity index (χ0n) is 9.70. The molecule has 0 unspecified atom stereocenters. The number of hydrogen-bond acceptors (Lipinski definition) is 2. The quantitative estimate of drug-likeness (QED) is 0.630. The van der Waals surface area contributed by atoms with Gasteiger partial charge in [0.15, 0.2) is 5.88 Å². The number of rotatable bonds is 4. The number of halogens is 1. The Morgan fingerprint density at radius 2 is 2.29 bits per heavy atom. The number of aromatic hydroxyl groups is 1. The minimum atomic E-state index is 0.141. The Morgan fingerprint density at radius 3 is 3.06 bits per heavy atom. The molecule has 0 saturated heterocycles. The largest absolute Gasteiger partial charge is 0.494 e. The number of aliphatic imine (C=N–C) groups is 1. The lowest BCUT2D eigenvalue weighted by atomic mass is 10.2. The van der Waals surface area contributed by atoms with Crippen LogP contribution in [0.25, 0.3) is 10.9 Å². The molecule has 0 spiro atoms. The third kappa shape index (κ3) is 2.61. The fourth-order valence-electron chi connectivity index (χ4n) is 1.71. The molecule has 1 aromatic heterocycles. The van der Waals surface area contributed by atoms with E-state index in [1.165, 1.54) is 0 Å². The fourth-order valence-corrected chi connectivity index (χ4v) is 1.89. The molecule has 0 amide bonds. The van der Waals surface area contributed by atoms with Crippen LogP contribution in [0.15, 0.2) is 23.2 Å². The van der Waals surface area contributed by atoms with Gasteiger partial charge in [-0.2, -0.15) is 0 Å². The van der Waals surface area contributed by atoms with Gasteiger partial charge in [0.1, 0.15) is 0 Å². The topological polar surface area (TPSA) is 48.4 Å². The fraction of sp³-hybridized carbons (Fsp3) is 0.308. The molecule has 2 aromatic rings. The van der Waals surface area contributed by atoms with Gasteiger partial charge in [0.25, 0.3) is 0 Å². The SMILES string of the molecule is CCCCN=Cc1c(O)[nH]c2cc(Cl)ccc12. The summed E-state index contributed by atoms with van der Waals surface area (Å²) in [7, 11) is 0. The molecule has 0 atom stereocenters. The third-order valence-electron chi connectivity index (χ3n) is 2.64.